The maximum Gasteiger partial charge on any atom is 2.00 e. The predicted octanol–water partition coefficient (Wildman–Crippen LogP) is -0.638. The molecule has 0 saturated carbocycles. The monoisotopic (exact) mass is 282 g/mol. The molecule has 0 aromatic carbocycles. The van der Waals surface area contributed by atoms with E-state index in [2.05, 4.69) is 0 Å². The van der Waals surface area contributed by atoms with Gasteiger partial charge in [-0.15, -0.1) is 0 Å². The molecule has 5 heteroatoms. The zero-order chi connectivity index (χ0) is 10.4. The normalized spacial score (nSPS) is 11.1. The number of hydrogen-bond acceptors (Lipinski definition) is 4. The fourth-order valence-electron chi connectivity index (χ4n) is 0. The molecule has 0 heterocycles. The quantitative estimate of drug-likeness (QED) is 0.506. The minimum Gasteiger partial charge on any atom is -0.329 e. The molecule has 0 unspecified atom stereocenters. The van der Waals surface area contributed by atoms with Gasteiger partial charge in [0.1, 0.15) is 0 Å². The summed E-state index contributed by atoms with van der Waals surface area (Å²) in [6.45, 7) is 8.68. The summed E-state index contributed by atoms with van der Waals surface area (Å²) >= 11 is 0. The number of hydrogen-bond donors (Lipinski definition) is 4. The standard InChI is InChI=1S/2C4H12N2.Pd/c2*1-4(2,6)3-5;/h2*3,5-6H2,1-2H3;/q;;+2. The number of rotatable bonds is 2. The van der Waals surface area contributed by atoms with Crippen molar-refractivity contribution in [2.24, 2.45) is 22.9 Å². The molecular weight excluding hydrogens is 259 g/mol. The zero-order valence-electron chi connectivity index (χ0n) is 9.04. The largest absolute Gasteiger partial charge is 2.00 e. The van der Waals surface area contributed by atoms with Crippen LogP contribution in [0.15, 0.2) is 0 Å². The van der Waals surface area contributed by atoms with Crippen molar-refractivity contribution in [2.45, 2.75) is 38.8 Å². The van der Waals surface area contributed by atoms with Crippen LogP contribution in [-0.2, 0) is 20.4 Å². The molecule has 0 atom stereocenters. The molecule has 0 fully saturated rings. The van der Waals surface area contributed by atoms with Gasteiger partial charge in [0.25, 0.3) is 0 Å². The van der Waals surface area contributed by atoms with E-state index in [9.17, 15) is 0 Å². The Morgan fingerprint density at radius 3 is 0.846 bits per heavy atom. The first kappa shape index (κ1) is 19.1. The second-order valence-corrected chi connectivity index (χ2v) is 4.39. The molecule has 0 aliphatic rings. The van der Waals surface area contributed by atoms with Crippen LogP contribution in [0.2, 0.25) is 0 Å². The summed E-state index contributed by atoms with van der Waals surface area (Å²) in [6, 6.07) is 0. The summed E-state index contributed by atoms with van der Waals surface area (Å²) < 4.78 is 0. The van der Waals surface area contributed by atoms with Crippen LogP contribution < -0.4 is 22.9 Å². The van der Waals surface area contributed by atoms with Crippen LogP contribution in [0.5, 0.6) is 0 Å². The molecule has 0 saturated heterocycles. The average Bonchev–Trinajstić information content (AvgIpc) is 1.86. The third kappa shape index (κ3) is 32.6. The SMILES string of the molecule is CC(C)(N)CN.CC(C)(N)CN.[Pd+2]. The van der Waals surface area contributed by atoms with Gasteiger partial charge >= 0.3 is 20.4 Å². The summed E-state index contributed by atoms with van der Waals surface area (Å²) in [5, 5.41) is 0. The summed E-state index contributed by atoms with van der Waals surface area (Å²) in [5.74, 6) is 0. The molecule has 0 aliphatic heterocycles. The molecule has 0 radical (unpaired) electrons. The second kappa shape index (κ2) is 7.86. The van der Waals surface area contributed by atoms with Gasteiger partial charge in [0.15, 0.2) is 0 Å². The second-order valence-electron chi connectivity index (χ2n) is 4.39. The average molecular weight is 283 g/mol. The summed E-state index contributed by atoms with van der Waals surface area (Å²) in [5.41, 5.74) is 20.8. The Labute approximate surface area is 95.4 Å². The van der Waals surface area contributed by atoms with Crippen LogP contribution in [-0.4, -0.2) is 24.2 Å². The molecule has 0 amide bonds. The molecule has 84 valence electrons. The van der Waals surface area contributed by atoms with E-state index in [1.54, 1.807) is 0 Å². The molecule has 4 nitrogen and oxygen atoms in total. The molecule has 0 bridgehead atoms. The Morgan fingerprint density at radius 1 is 0.769 bits per heavy atom. The zero-order valence-corrected chi connectivity index (χ0v) is 10.6. The van der Waals surface area contributed by atoms with E-state index in [-0.39, 0.29) is 31.5 Å². The minimum absolute atomic E-state index is 0. The Balaban J connectivity index is -0.000000143. The molecule has 0 spiro atoms. The molecule has 8 N–H and O–H groups in total. The fourth-order valence-corrected chi connectivity index (χ4v) is 0. The van der Waals surface area contributed by atoms with Crippen molar-refractivity contribution in [3.63, 3.8) is 0 Å². The first-order valence-corrected chi connectivity index (χ1v) is 4.10. The van der Waals surface area contributed by atoms with E-state index in [0.29, 0.717) is 13.1 Å². The van der Waals surface area contributed by atoms with Gasteiger partial charge in [-0.1, -0.05) is 0 Å². The van der Waals surface area contributed by atoms with E-state index in [1.807, 2.05) is 27.7 Å². The Hall–Kier alpha value is 0.502. The van der Waals surface area contributed by atoms with Gasteiger partial charge in [0.05, 0.1) is 0 Å². The van der Waals surface area contributed by atoms with Gasteiger partial charge < -0.3 is 22.9 Å². The van der Waals surface area contributed by atoms with Gasteiger partial charge in [0, 0.05) is 24.2 Å². The van der Waals surface area contributed by atoms with Crippen molar-refractivity contribution < 1.29 is 20.4 Å². The van der Waals surface area contributed by atoms with Crippen LogP contribution in [0.1, 0.15) is 27.7 Å². The van der Waals surface area contributed by atoms with Crippen molar-refractivity contribution in [3.8, 4) is 0 Å². The Bertz CT molecular complexity index is 89.7. The van der Waals surface area contributed by atoms with Crippen LogP contribution in [0.25, 0.3) is 0 Å². The first-order chi connectivity index (χ1) is 5.12. The molecular formula is C8H24N4Pd+2. The van der Waals surface area contributed by atoms with Crippen LogP contribution >= 0.6 is 0 Å². The molecule has 0 rings (SSSR count). The Kier molecular flexibility index (Phi) is 11.6. The topological polar surface area (TPSA) is 104 Å². The van der Waals surface area contributed by atoms with Gasteiger partial charge in [0.2, 0.25) is 0 Å². The van der Waals surface area contributed by atoms with Gasteiger partial charge in [-0.3, -0.25) is 0 Å². The van der Waals surface area contributed by atoms with E-state index in [4.69, 9.17) is 22.9 Å². The van der Waals surface area contributed by atoms with E-state index < -0.39 is 0 Å². The van der Waals surface area contributed by atoms with E-state index >= 15 is 0 Å². The van der Waals surface area contributed by atoms with Crippen molar-refractivity contribution in [3.05, 3.63) is 0 Å². The van der Waals surface area contributed by atoms with Gasteiger partial charge in [-0.25, -0.2) is 0 Å². The number of nitrogens with two attached hydrogens (primary N) is 4. The predicted molar refractivity (Wildman–Crippen MR) is 54.6 cm³/mol. The van der Waals surface area contributed by atoms with Gasteiger partial charge in [-0.05, 0) is 27.7 Å². The van der Waals surface area contributed by atoms with Crippen molar-refractivity contribution >= 4 is 0 Å². The molecule has 0 aliphatic carbocycles. The van der Waals surface area contributed by atoms with Crippen molar-refractivity contribution in [1.29, 1.82) is 0 Å². The molecule has 13 heavy (non-hydrogen) atoms. The first-order valence-electron chi connectivity index (χ1n) is 4.10. The van der Waals surface area contributed by atoms with Gasteiger partial charge in [-0.2, -0.15) is 0 Å². The summed E-state index contributed by atoms with van der Waals surface area (Å²) in [7, 11) is 0. The van der Waals surface area contributed by atoms with Crippen LogP contribution in [0.4, 0.5) is 0 Å². The maximum atomic E-state index is 5.41. The van der Waals surface area contributed by atoms with Crippen molar-refractivity contribution in [1.82, 2.24) is 0 Å². The maximum absolute atomic E-state index is 5.41. The summed E-state index contributed by atoms with van der Waals surface area (Å²) in [6.07, 6.45) is 0. The minimum atomic E-state index is -0.181. The van der Waals surface area contributed by atoms with E-state index in [1.165, 1.54) is 0 Å². The van der Waals surface area contributed by atoms with Crippen LogP contribution in [0.3, 0.4) is 0 Å². The van der Waals surface area contributed by atoms with Crippen LogP contribution in [0, 0.1) is 0 Å². The molecule has 0 aromatic rings. The summed E-state index contributed by atoms with van der Waals surface area (Å²) in [4.78, 5) is 0. The smallest absolute Gasteiger partial charge is 0.329 e. The Morgan fingerprint density at radius 2 is 0.846 bits per heavy atom. The van der Waals surface area contributed by atoms with E-state index in [0.717, 1.165) is 0 Å². The third-order valence-corrected chi connectivity index (χ3v) is 1.05. The third-order valence-electron chi connectivity index (χ3n) is 1.05. The molecule has 0 aromatic heterocycles. The fraction of sp³-hybridized carbons (Fsp3) is 1.00. The van der Waals surface area contributed by atoms with Crippen molar-refractivity contribution in [2.75, 3.05) is 13.1 Å².